The van der Waals surface area contributed by atoms with E-state index in [1.807, 2.05) is 18.2 Å². The lowest BCUT2D eigenvalue weighted by Gasteiger charge is -2.35. The number of rotatable bonds is 3. The topological polar surface area (TPSA) is 78.4 Å². The monoisotopic (exact) mass is 445 g/mol. The Balaban J connectivity index is 1.51. The maximum Gasteiger partial charge on any atom is 0.290 e. The number of carbonyl (C=O) groups is 2. The second-order valence-electron chi connectivity index (χ2n) is 8.18. The highest BCUT2D eigenvalue weighted by molar-refractivity contribution is 8.18. The minimum absolute atomic E-state index is 0.343. The fraction of sp³-hybridized carbons (Fsp3) is 0.250. The van der Waals surface area contributed by atoms with Gasteiger partial charge in [-0.3, -0.25) is 14.9 Å². The number of nitrogens with one attached hydrogen (secondary N) is 1. The fourth-order valence-corrected chi connectivity index (χ4v) is 4.87. The van der Waals surface area contributed by atoms with Crippen LogP contribution < -0.4 is 10.2 Å². The van der Waals surface area contributed by atoms with Gasteiger partial charge >= 0.3 is 0 Å². The van der Waals surface area contributed by atoms with Gasteiger partial charge in [0.15, 0.2) is 0 Å². The molecule has 0 bridgehead atoms. The van der Waals surface area contributed by atoms with Crippen LogP contribution in [0.2, 0.25) is 0 Å². The van der Waals surface area contributed by atoms with Crippen molar-refractivity contribution in [2.24, 2.45) is 0 Å². The number of hydrogen-bond acceptors (Lipinski definition) is 7. The molecule has 2 fully saturated rings. The lowest BCUT2D eigenvalue weighted by Crippen LogP contribution is -2.44. The third kappa shape index (κ3) is 3.99. The van der Waals surface area contributed by atoms with E-state index in [2.05, 4.69) is 57.5 Å². The number of piperazine rings is 1. The summed E-state index contributed by atoms with van der Waals surface area (Å²) in [5, 5.41) is 11.4. The molecule has 5 rings (SSSR count). The molecule has 8 heteroatoms. The number of benzene rings is 2. The summed E-state index contributed by atoms with van der Waals surface area (Å²) in [7, 11) is 2.16. The third-order valence-electron chi connectivity index (χ3n) is 5.95. The van der Waals surface area contributed by atoms with E-state index in [-0.39, 0.29) is 11.1 Å². The van der Waals surface area contributed by atoms with Crippen molar-refractivity contribution in [3.05, 3.63) is 58.6 Å². The number of thioether (sulfide) groups is 1. The number of hydrogen-bond donors (Lipinski definition) is 1. The van der Waals surface area contributed by atoms with Crippen molar-refractivity contribution in [3.63, 3.8) is 0 Å². The van der Waals surface area contributed by atoms with Crippen LogP contribution in [-0.2, 0) is 4.79 Å². The molecule has 0 saturated carbocycles. The van der Waals surface area contributed by atoms with Gasteiger partial charge in [-0.15, -0.1) is 0 Å². The van der Waals surface area contributed by atoms with Crippen LogP contribution in [0.1, 0.15) is 11.1 Å². The molecule has 1 N–H and O–H groups in total. The Kier molecular flexibility index (Phi) is 5.40. The summed E-state index contributed by atoms with van der Waals surface area (Å²) in [4.78, 5) is 28.6. The molecule has 0 aliphatic carbocycles. The third-order valence-corrected chi connectivity index (χ3v) is 6.77. The second-order valence-corrected chi connectivity index (χ2v) is 9.19. The van der Waals surface area contributed by atoms with E-state index >= 15 is 0 Å². The van der Waals surface area contributed by atoms with Crippen LogP contribution in [0.15, 0.2) is 47.5 Å². The molecule has 3 heterocycles. The maximum absolute atomic E-state index is 11.9. The number of carbonyl (C=O) groups excluding carboxylic acids is 2. The van der Waals surface area contributed by atoms with E-state index in [4.69, 9.17) is 0 Å². The Morgan fingerprint density at radius 2 is 1.88 bits per heavy atom. The van der Waals surface area contributed by atoms with Gasteiger partial charge < -0.3 is 9.80 Å². The van der Waals surface area contributed by atoms with Gasteiger partial charge in [-0.1, -0.05) is 12.1 Å². The van der Waals surface area contributed by atoms with E-state index in [9.17, 15) is 9.59 Å². The summed E-state index contributed by atoms with van der Waals surface area (Å²) in [6, 6.07) is 12.3. The number of aromatic nitrogens is 2. The Morgan fingerprint density at radius 3 is 2.59 bits per heavy atom. The number of imide groups is 1. The van der Waals surface area contributed by atoms with E-state index in [0.29, 0.717) is 4.91 Å². The first-order valence-corrected chi connectivity index (χ1v) is 11.3. The van der Waals surface area contributed by atoms with Gasteiger partial charge in [0.2, 0.25) is 0 Å². The molecule has 0 unspecified atom stereocenters. The molecule has 2 aliphatic rings. The van der Waals surface area contributed by atoms with Crippen molar-refractivity contribution in [1.29, 1.82) is 0 Å². The van der Waals surface area contributed by atoms with Crippen LogP contribution in [0.25, 0.3) is 28.1 Å². The first-order valence-electron chi connectivity index (χ1n) is 10.5. The number of aryl methyl sites for hydroxylation is 1. The zero-order valence-electron chi connectivity index (χ0n) is 18.0. The Morgan fingerprint density at radius 1 is 1.06 bits per heavy atom. The fourth-order valence-electron chi connectivity index (χ4n) is 4.19. The molecule has 0 radical (unpaired) electrons. The smallest absolute Gasteiger partial charge is 0.290 e. The summed E-state index contributed by atoms with van der Waals surface area (Å²) >= 11 is 0.918. The molecule has 2 aromatic carbocycles. The van der Waals surface area contributed by atoms with Crippen molar-refractivity contribution in [2.45, 2.75) is 6.92 Å². The highest BCUT2D eigenvalue weighted by Gasteiger charge is 2.25. The lowest BCUT2D eigenvalue weighted by atomic mass is 9.98. The quantitative estimate of drug-likeness (QED) is 0.616. The maximum atomic E-state index is 11.9. The van der Waals surface area contributed by atoms with E-state index in [0.717, 1.165) is 65.5 Å². The molecule has 162 valence electrons. The molecule has 2 amide bonds. The highest BCUT2D eigenvalue weighted by Crippen LogP contribution is 2.33. The van der Waals surface area contributed by atoms with Gasteiger partial charge in [0, 0.05) is 42.8 Å². The SMILES string of the molecule is Cc1cc(-c2cnnc3ccc(C=C4SC(=O)NC4=O)cc23)ccc1N1CCN(C)CC1. The minimum Gasteiger partial charge on any atom is -0.369 e. The van der Waals surface area contributed by atoms with Gasteiger partial charge in [-0.05, 0) is 72.8 Å². The average Bonchev–Trinajstić information content (AvgIpc) is 3.10. The van der Waals surface area contributed by atoms with E-state index in [1.165, 1.54) is 11.3 Å². The van der Waals surface area contributed by atoms with Crippen molar-refractivity contribution >= 4 is 45.6 Å². The standard InChI is InChI=1S/C24H23N5O2S/c1-15-11-17(4-6-21(15)29-9-7-28(2)8-10-29)19-14-25-27-20-5-3-16(12-18(19)20)13-22-23(30)26-24(31)32-22/h3-6,11-14H,7-10H2,1-2H3,(H,26,30,31). The van der Waals surface area contributed by atoms with Crippen molar-refractivity contribution < 1.29 is 9.59 Å². The lowest BCUT2D eigenvalue weighted by molar-refractivity contribution is -0.115. The first kappa shape index (κ1) is 20.7. The Hall–Kier alpha value is -3.23. The number of likely N-dealkylation sites (N-methyl/N-ethyl adjacent to an activating group) is 1. The molecule has 0 spiro atoms. The normalized spacial score (nSPS) is 18.6. The zero-order chi connectivity index (χ0) is 22.2. The van der Waals surface area contributed by atoms with Crippen molar-refractivity contribution in [2.75, 3.05) is 38.1 Å². The van der Waals surface area contributed by atoms with Crippen LogP contribution in [0.5, 0.6) is 0 Å². The molecular formula is C24H23N5O2S. The van der Waals surface area contributed by atoms with Gasteiger partial charge in [-0.2, -0.15) is 10.2 Å². The number of nitrogens with zero attached hydrogens (tertiary/aromatic N) is 4. The number of fused-ring (bicyclic) bond motifs is 1. The zero-order valence-corrected chi connectivity index (χ0v) is 18.8. The Bertz CT molecular complexity index is 1260. The van der Waals surface area contributed by atoms with Gasteiger partial charge in [0.05, 0.1) is 16.6 Å². The molecule has 2 aliphatic heterocycles. The predicted molar refractivity (Wildman–Crippen MR) is 129 cm³/mol. The summed E-state index contributed by atoms with van der Waals surface area (Å²) < 4.78 is 0. The largest absolute Gasteiger partial charge is 0.369 e. The molecule has 0 atom stereocenters. The van der Waals surface area contributed by atoms with E-state index in [1.54, 1.807) is 12.3 Å². The molecule has 1 aromatic heterocycles. The second kappa shape index (κ2) is 8.37. The van der Waals surface area contributed by atoms with Gasteiger partial charge in [0.25, 0.3) is 11.1 Å². The summed E-state index contributed by atoms with van der Waals surface area (Å²) in [6.45, 7) is 6.35. The Labute approximate surface area is 190 Å². The summed E-state index contributed by atoms with van der Waals surface area (Å²) in [6.07, 6.45) is 3.51. The van der Waals surface area contributed by atoms with Crippen LogP contribution in [-0.4, -0.2) is 59.5 Å². The molecule has 7 nitrogen and oxygen atoms in total. The number of anilines is 1. The van der Waals surface area contributed by atoms with Crippen molar-refractivity contribution in [1.82, 2.24) is 20.4 Å². The van der Waals surface area contributed by atoms with Crippen LogP contribution in [0.4, 0.5) is 10.5 Å². The first-order chi connectivity index (χ1) is 15.5. The van der Waals surface area contributed by atoms with Gasteiger partial charge in [0.1, 0.15) is 0 Å². The predicted octanol–water partition coefficient (Wildman–Crippen LogP) is 3.68. The van der Waals surface area contributed by atoms with Crippen molar-refractivity contribution in [3.8, 4) is 11.1 Å². The van der Waals surface area contributed by atoms with Crippen LogP contribution in [0, 0.1) is 6.92 Å². The van der Waals surface area contributed by atoms with E-state index < -0.39 is 0 Å². The summed E-state index contributed by atoms with van der Waals surface area (Å²) in [5.41, 5.74) is 6.19. The average molecular weight is 446 g/mol. The molecule has 2 saturated heterocycles. The molecular weight excluding hydrogens is 422 g/mol. The van der Waals surface area contributed by atoms with Gasteiger partial charge in [-0.25, -0.2) is 0 Å². The van der Waals surface area contributed by atoms with Crippen LogP contribution in [0.3, 0.4) is 0 Å². The number of amides is 2. The minimum atomic E-state index is -0.358. The highest BCUT2D eigenvalue weighted by atomic mass is 32.2. The molecule has 3 aromatic rings. The van der Waals surface area contributed by atoms with Crippen LogP contribution >= 0.6 is 11.8 Å². The summed E-state index contributed by atoms with van der Waals surface area (Å²) in [5.74, 6) is -0.358. The molecule has 32 heavy (non-hydrogen) atoms.